The predicted molar refractivity (Wildman–Crippen MR) is 75.7 cm³/mol. The zero-order valence-electron chi connectivity index (χ0n) is 12.1. The Kier molecular flexibility index (Phi) is 9.77. The third-order valence-electron chi connectivity index (χ3n) is 3.95. The van der Waals surface area contributed by atoms with Gasteiger partial charge in [0, 0.05) is 0 Å². The van der Waals surface area contributed by atoms with Gasteiger partial charge in [0.15, 0.2) is 0 Å². The van der Waals surface area contributed by atoms with E-state index < -0.39 is 0 Å². The first kappa shape index (κ1) is 15.7. The molecule has 0 fully saturated rings. The molecule has 0 saturated carbocycles. The molecule has 0 aromatic heterocycles. The maximum atomic E-state index is 2.43. The molecule has 0 bridgehead atoms. The van der Waals surface area contributed by atoms with E-state index in [9.17, 15) is 0 Å². The van der Waals surface area contributed by atoms with Crippen molar-refractivity contribution in [3.8, 4) is 0 Å². The number of hydrogen-bond donors (Lipinski definition) is 0. The number of rotatable bonds is 9. The quantitative estimate of drug-likeness (QED) is 0.432. The summed E-state index contributed by atoms with van der Waals surface area (Å²) in [6, 6.07) is 0. The van der Waals surface area contributed by atoms with E-state index in [1.54, 1.807) is 0 Å². The summed E-state index contributed by atoms with van der Waals surface area (Å²) >= 11 is 0. The highest BCUT2D eigenvalue weighted by Crippen LogP contribution is 2.27. The van der Waals surface area contributed by atoms with Gasteiger partial charge in [0.25, 0.3) is 0 Å². The smallest absolute Gasteiger partial charge is 0.0348 e. The summed E-state index contributed by atoms with van der Waals surface area (Å²) in [4.78, 5) is 0. The molecule has 0 heterocycles. The van der Waals surface area contributed by atoms with Crippen molar-refractivity contribution in [3.63, 3.8) is 0 Å². The van der Waals surface area contributed by atoms with Gasteiger partial charge in [-0.3, -0.25) is 0 Å². The Balaban J connectivity index is 3.73. The van der Waals surface area contributed by atoms with Crippen molar-refractivity contribution >= 4 is 0 Å². The van der Waals surface area contributed by atoms with Gasteiger partial charge in [-0.1, -0.05) is 66.0 Å². The van der Waals surface area contributed by atoms with Gasteiger partial charge in [0.05, 0.1) is 0 Å². The monoisotopic (exact) mass is 224 g/mol. The molecule has 96 valence electrons. The Morgan fingerprint density at radius 2 is 1.31 bits per heavy atom. The lowest BCUT2D eigenvalue weighted by atomic mass is 9.80. The van der Waals surface area contributed by atoms with Gasteiger partial charge in [-0.15, -0.1) is 0 Å². The van der Waals surface area contributed by atoms with Crippen molar-refractivity contribution in [1.82, 2.24) is 0 Å². The SMILES string of the molecule is CCCC=CCCC(C)C(C)C(C)CCC. The van der Waals surface area contributed by atoms with E-state index in [0.29, 0.717) is 0 Å². The van der Waals surface area contributed by atoms with Crippen LogP contribution in [0.25, 0.3) is 0 Å². The summed E-state index contributed by atoms with van der Waals surface area (Å²) in [5, 5.41) is 0. The minimum absolute atomic E-state index is 0.868. The summed E-state index contributed by atoms with van der Waals surface area (Å²) in [5.41, 5.74) is 0. The lowest BCUT2D eigenvalue weighted by Gasteiger charge is -2.25. The predicted octanol–water partition coefficient (Wildman–Crippen LogP) is 5.83. The second-order valence-electron chi connectivity index (χ2n) is 5.44. The number of hydrogen-bond acceptors (Lipinski definition) is 0. The molecule has 0 saturated heterocycles. The molecule has 0 nitrogen and oxygen atoms in total. The summed E-state index contributed by atoms with van der Waals surface area (Å²) in [5.74, 6) is 2.63. The van der Waals surface area contributed by atoms with Crippen LogP contribution in [0.15, 0.2) is 12.2 Å². The minimum Gasteiger partial charge on any atom is -0.0885 e. The number of allylic oxidation sites excluding steroid dienone is 2. The van der Waals surface area contributed by atoms with Crippen LogP contribution in [-0.4, -0.2) is 0 Å². The first-order valence-corrected chi connectivity index (χ1v) is 7.28. The fourth-order valence-corrected chi connectivity index (χ4v) is 2.30. The second kappa shape index (κ2) is 9.93. The molecule has 0 aromatic rings. The summed E-state index contributed by atoms with van der Waals surface area (Å²) < 4.78 is 0. The van der Waals surface area contributed by atoms with Crippen LogP contribution in [0.2, 0.25) is 0 Å². The van der Waals surface area contributed by atoms with Gasteiger partial charge >= 0.3 is 0 Å². The largest absolute Gasteiger partial charge is 0.0885 e. The highest BCUT2D eigenvalue weighted by Gasteiger charge is 2.17. The van der Waals surface area contributed by atoms with E-state index in [4.69, 9.17) is 0 Å². The van der Waals surface area contributed by atoms with Gasteiger partial charge < -0.3 is 0 Å². The molecule has 0 N–H and O–H groups in total. The van der Waals surface area contributed by atoms with E-state index in [-0.39, 0.29) is 0 Å². The molecule has 0 heteroatoms. The first-order chi connectivity index (χ1) is 7.63. The molecule has 0 aliphatic rings. The van der Waals surface area contributed by atoms with Crippen LogP contribution in [0.3, 0.4) is 0 Å². The van der Waals surface area contributed by atoms with E-state index in [1.165, 1.54) is 38.5 Å². The fraction of sp³-hybridized carbons (Fsp3) is 0.875. The molecule has 3 atom stereocenters. The summed E-state index contributed by atoms with van der Waals surface area (Å²) in [6.45, 7) is 11.8. The lowest BCUT2D eigenvalue weighted by molar-refractivity contribution is 0.254. The average molecular weight is 224 g/mol. The van der Waals surface area contributed by atoms with Crippen molar-refractivity contribution in [3.05, 3.63) is 12.2 Å². The van der Waals surface area contributed by atoms with E-state index in [0.717, 1.165) is 17.8 Å². The van der Waals surface area contributed by atoms with Gasteiger partial charge in [-0.05, 0) is 37.0 Å². The van der Waals surface area contributed by atoms with Crippen LogP contribution in [0.5, 0.6) is 0 Å². The number of unbranched alkanes of at least 4 members (excludes halogenated alkanes) is 1. The van der Waals surface area contributed by atoms with Gasteiger partial charge in [-0.2, -0.15) is 0 Å². The second-order valence-corrected chi connectivity index (χ2v) is 5.44. The first-order valence-electron chi connectivity index (χ1n) is 7.28. The Hall–Kier alpha value is -0.260. The van der Waals surface area contributed by atoms with Crippen molar-refractivity contribution < 1.29 is 0 Å². The third kappa shape index (κ3) is 7.09. The van der Waals surface area contributed by atoms with E-state index >= 15 is 0 Å². The average Bonchev–Trinajstić information content (AvgIpc) is 2.27. The maximum absolute atomic E-state index is 2.43. The Morgan fingerprint density at radius 3 is 1.88 bits per heavy atom. The molecular weight excluding hydrogens is 192 g/mol. The Bertz CT molecular complexity index is 169. The van der Waals surface area contributed by atoms with E-state index in [1.807, 2.05) is 0 Å². The van der Waals surface area contributed by atoms with Gasteiger partial charge in [-0.25, -0.2) is 0 Å². The Labute approximate surface area is 104 Å². The topological polar surface area (TPSA) is 0 Å². The third-order valence-corrected chi connectivity index (χ3v) is 3.95. The molecule has 0 aliphatic heterocycles. The van der Waals surface area contributed by atoms with Crippen LogP contribution in [0, 0.1) is 17.8 Å². The molecular formula is C16H32. The molecule has 0 amide bonds. The molecule has 0 aliphatic carbocycles. The zero-order valence-corrected chi connectivity index (χ0v) is 12.1. The highest BCUT2D eigenvalue weighted by molar-refractivity contribution is 4.82. The molecule has 0 rings (SSSR count). The van der Waals surface area contributed by atoms with Crippen molar-refractivity contribution in [2.24, 2.45) is 17.8 Å². The van der Waals surface area contributed by atoms with Crippen molar-refractivity contribution in [2.75, 3.05) is 0 Å². The molecule has 0 aromatic carbocycles. The fourth-order valence-electron chi connectivity index (χ4n) is 2.30. The summed E-state index contributed by atoms with van der Waals surface area (Å²) in [7, 11) is 0. The molecule has 0 spiro atoms. The standard InChI is InChI=1S/C16H32/c1-6-8-9-10-11-13-15(4)16(5)14(3)12-7-2/h9-10,14-16H,6-8,11-13H2,1-5H3. The van der Waals surface area contributed by atoms with Crippen molar-refractivity contribution in [1.29, 1.82) is 0 Å². The van der Waals surface area contributed by atoms with E-state index in [2.05, 4.69) is 46.8 Å². The molecule has 16 heavy (non-hydrogen) atoms. The molecule has 0 radical (unpaired) electrons. The molecule has 3 unspecified atom stereocenters. The van der Waals surface area contributed by atoms with Crippen LogP contribution >= 0.6 is 0 Å². The van der Waals surface area contributed by atoms with Crippen LogP contribution in [0.1, 0.15) is 73.1 Å². The zero-order chi connectivity index (χ0) is 12.4. The van der Waals surface area contributed by atoms with Gasteiger partial charge in [0.2, 0.25) is 0 Å². The highest BCUT2D eigenvalue weighted by atomic mass is 14.2. The summed E-state index contributed by atoms with van der Waals surface area (Å²) in [6.07, 6.45) is 12.6. The van der Waals surface area contributed by atoms with Crippen LogP contribution in [0.4, 0.5) is 0 Å². The lowest BCUT2D eigenvalue weighted by Crippen LogP contribution is -2.16. The normalized spacial score (nSPS) is 17.6. The van der Waals surface area contributed by atoms with Crippen LogP contribution < -0.4 is 0 Å². The van der Waals surface area contributed by atoms with Gasteiger partial charge in [0.1, 0.15) is 0 Å². The van der Waals surface area contributed by atoms with Crippen molar-refractivity contribution in [2.45, 2.75) is 73.1 Å². The Morgan fingerprint density at radius 1 is 0.750 bits per heavy atom. The minimum atomic E-state index is 0.868. The maximum Gasteiger partial charge on any atom is -0.0348 e. The van der Waals surface area contributed by atoms with Crippen LogP contribution in [-0.2, 0) is 0 Å².